The van der Waals surface area contributed by atoms with Gasteiger partial charge in [-0.25, -0.2) is 4.79 Å². The molecule has 0 aliphatic heterocycles. The van der Waals surface area contributed by atoms with Crippen molar-refractivity contribution in [1.82, 2.24) is 0 Å². The maximum absolute atomic E-state index is 11.6. The normalized spacial score (nSPS) is 11.9. The summed E-state index contributed by atoms with van der Waals surface area (Å²) in [5.74, 6) is 0.0902. The van der Waals surface area contributed by atoms with Crippen molar-refractivity contribution < 1.29 is 19.1 Å². The Hall–Kier alpha value is -1.84. The second kappa shape index (κ2) is 20.9. The second-order valence-corrected chi connectivity index (χ2v) is 7.71. The lowest BCUT2D eigenvalue weighted by Gasteiger charge is -2.06. The molecule has 0 unspecified atom stereocenters. The summed E-state index contributed by atoms with van der Waals surface area (Å²) in [6.07, 6.45) is 23.9. The molecular formula is C25H42O4. The van der Waals surface area contributed by atoms with E-state index < -0.39 is 12.1 Å². The largest absolute Gasteiger partial charge is 0.516 e. The fourth-order valence-corrected chi connectivity index (χ4v) is 2.71. The number of ether oxygens (including phenoxy) is 2. The Kier molecular flexibility index (Phi) is 19.6. The fourth-order valence-electron chi connectivity index (χ4n) is 2.71. The van der Waals surface area contributed by atoms with E-state index in [9.17, 15) is 9.59 Å². The highest BCUT2D eigenvalue weighted by atomic mass is 16.7. The number of carbonyl (C=O) groups is 2. The van der Waals surface area contributed by atoms with Crippen molar-refractivity contribution in [2.75, 3.05) is 6.61 Å². The number of hydrogen-bond donors (Lipinski definition) is 0. The summed E-state index contributed by atoms with van der Waals surface area (Å²) >= 11 is 0. The van der Waals surface area contributed by atoms with E-state index >= 15 is 0 Å². The van der Waals surface area contributed by atoms with E-state index in [0.717, 1.165) is 64.2 Å². The van der Waals surface area contributed by atoms with E-state index in [1.54, 1.807) is 0 Å². The van der Waals surface area contributed by atoms with Crippen LogP contribution in [0.2, 0.25) is 0 Å². The first-order valence-corrected chi connectivity index (χ1v) is 11.4. The maximum atomic E-state index is 11.6. The zero-order chi connectivity index (χ0) is 21.6. The summed E-state index contributed by atoms with van der Waals surface area (Å²) in [6.45, 7) is 6.69. The van der Waals surface area contributed by atoms with Crippen LogP contribution in [0.1, 0.15) is 97.8 Å². The van der Waals surface area contributed by atoms with E-state index in [0.29, 0.717) is 12.5 Å². The van der Waals surface area contributed by atoms with E-state index in [4.69, 9.17) is 4.74 Å². The van der Waals surface area contributed by atoms with Crippen LogP contribution in [0.4, 0.5) is 4.79 Å². The van der Waals surface area contributed by atoms with Crippen molar-refractivity contribution in [3.63, 3.8) is 0 Å². The Morgan fingerprint density at radius 1 is 0.793 bits per heavy atom. The van der Waals surface area contributed by atoms with E-state index in [2.05, 4.69) is 62.0 Å². The minimum absolute atomic E-state index is 0.279. The van der Waals surface area contributed by atoms with Crippen molar-refractivity contribution in [3.05, 3.63) is 36.5 Å². The van der Waals surface area contributed by atoms with Gasteiger partial charge in [0.25, 0.3) is 0 Å². The molecule has 0 heterocycles. The van der Waals surface area contributed by atoms with E-state index in [-0.39, 0.29) is 6.42 Å². The molecule has 29 heavy (non-hydrogen) atoms. The average molecular weight is 407 g/mol. The Morgan fingerprint density at radius 3 is 2.10 bits per heavy atom. The van der Waals surface area contributed by atoms with Gasteiger partial charge in [0.2, 0.25) is 0 Å². The second-order valence-electron chi connectivity index (χ2n) is 7.71. The molecule has 0 spiro atoms. The molecule has 166 valence electrons. The van der Waals surface area contributed by atoms with Gasteiger partial charge in [0, 0.05) is 6.42 Å². The zero-order valence-corrected chi connectivity index (χ0v) is 18.9. The molecule has 0 amide bonds. The summed E-state index contributed by atoms with van der Waals surface area (Å²) < 4.78 is 9.55. The van der Waals surface area contributed by atoms with Crippen molar-refractivity contribution in [2.24, 2.45) is 5.92 Å². The zero-order valence-electron chi connectivity index (χ0n) is 18.9. The first-order chi connectivity index (χ1) is 14.1. The molecule has 4 heteroatoms. The number of esters is 1. The highest BCUT2D eigenvalue weighted by Crippen LogP contribution is 2.09. The molecule has 0 saturated carbocycles. The Balaban J connectivity index is 3.44. The molecule has 0 aliphatic rings. The molecule has 0 radical (unpaired) electrons. The van der Waals surface area contributed by atoms with Gasteiger partial charge in [0.05, 0.1) is 6.61 Å². The molecule has 0 aliphatic carbocycles. The van der Waals surface area contributed by atoms with Crippen LogP contribution in [0.5, 0.6) is 0 Å². The molecule has 0 rings (SSSR count). The Morgan fingerprint density at radius 2 is 1.41 bits per heavy atom. The molecule has 0 aromatic rings. The van der Waals surface area contributed by atoms with Crippen LogP contribution >= 0.6 is 0 Å². The van der Waals surface area contributed by atoms with Gasteiger partial charge in [-0.1, -0.05) is 76.5 Å². The Bertz CT molecular complexity index is 489. The maximum Gasteiger partial charge on any atom is 0.516 e. The minimum atomic E-state index is -0.863. The van der Waals surface area contributed by atoms with Gasteiger partial charge in [0.1, 0.15) is 0 Å². The highest BCUT2D eigenvalue weighted by molar-refractivity contribution is 5.81. The molecule has 0 aromatic heterocycles. The predicted octanol–water partition coefficient (Wildman–Crippen LogP) is 7.69. The standard InChI is InChI=1S/C25H42O4/c1-4-5-6-7-8-9-10-11-12-13-14-15-16-17-18-21-24(26)29-25(27)28-22-19-20-23(2)3/h5-6,8-9,11-12,23H,4,7,10,13-22H2,1-3H3/b6-5-,9-8-,12-11-. The van der Waals surface area contributed by atoms with Gasteiger partial charge < -0.3 is 9.47 Å². The third kappa shape index (κ3) is 22.3. The van der Waals surface area contributed by atoms with Gasteiger partial charge in [-0.05, 0) is 57.3 Å². The fraction of sp³-hybridized carbons (Fsp3) is 0.680. The van der Waals surface area contributed by atoms with Gasteiger partial charge in [-0.3, -0.25) is 4.79 Å². The summed E-state index contributed by atoms with van der Waals surface area (Å²) in [5, 5.41) is 0. The molecule has 0 N–H and O–H groups in total. The van der Waals surface area contributed by atoms with Crippen LogP contribution in [0, 0.1) is 5.92 Å². The lowest BCUT2D eigenvalue weighted by atomic mass is 10.1. The van der Waals surface area contributed by atoms with Crippen molar-refractivity contribution in [3.8, 4) is 0 Å². The van der Waals surface area contributed by atoms with Crippen molar-refractivity contribution in [1.29, 1.82) is 0 Å². The minimum Gasteiger partial charge on any atom is -0.434 e. The molecule has 0 bridgehead atoms. The number of allylic oxidation sites excluding steroid dienone is 6. The quantitative estimate of drug-likeness (QED) is 0.107. The average Bonchev–Trinajstić information content (AvgIpc) is 2.68. The van der Waals surface area contributed by atoms with Crippen LogP contribution in [0.15, 0.2) is 36.5 Å². The lowest BCUT2D eigenvalue weighted by molar-refractivity contribution is -0.140. The van der Waals surface area contributed by atoms with Crippen LogP contribution in [0.25, 0.3) is 0 Å². The number of rotatable bonds is 17. The van der Waals surface area contributed by atoms with E-state index in [1.807, 2.05) is 0 Å². The topological polar surface area (TPSA) is 52.6 Å². The van der Waals surface area contributed by atoms with Crippen LogP contribution in [0.3, 0.4) is 0 Å². The first-order valence-electron chi connectivity index (χ1n) is 11.4. The molecular weight excluding hydrogens is 364 g/mol. The van der Waals surface area contributed by atoms with Gasteiger partial charge in [-0.2, -0.15) is 0 Å². The van der Waals surface area contributed by atoms with Gasteiger partial charge in [-0.15, -0.1) is 0 Å². The smallest absolute Gasteiger partial charge is 0.434 e. The summed E-state index contributed by atoms with van der Waals surface area (Å²) in [5.41, 5.74) is 0. The third-order valence-electron chi connectivity index (χ3n) is 4.37. The third-order valence-corrected chi connectivity index (χ3v) is 4.37. The van der Waals surface area contributed by atoms with Crippen LogP contribution in [-0.4, -0.2) is 18.7 Å². The SMILES string of the molecule is CC/C=C\C/C=C\C/C=C\CCCCCCCC(=O)OC(=O)OCCCC(C)C. The summed E-state index contributed by atoms with van der Waals surface area (Å²) in [7, 11) is 0. The predicted molar refractivity (Wildman–Crippen MR) is 121 cm³/mol. The van der Waals surface area contributed by atoms with E-state index in [1.165, 1.54) is 6.42 Å². The highest BCUT2D eigenvalue weighted by Gasteiger charge is 2.11. The summed E-state index contributed by atoms with van der Waals surface area (Å²) in [4.78, 5) is 23.0. The number of hydrogen-bond acceptors (Lipinski definition) is 4. The summed E-state index contributed by atoms with van der Waals surface area (Å²) in [6, 6.07) is 0. The monoisotopic (exact) mass is 406 g/mol. The van der Waals surface area contributed by atoms with Crippen LogP contribution in [-0.2, 0) is 14.3 Å². The molecule has 0 fully saturated rings. The molecule has 0 atom stereocenters. The van der Waals surface area contributed by atoms with Crippen LogP contribution < -0.4 is 0 Å². The lowest BCUT2D eigenvalue weighted by Crippen LogP contribution is -2.14. The Labute approximate surface area is 178 Å². The van der Waals surface area contributed by atoms with Gasteiger partial charge in [0.15, 0.2) is 0 Å². The molecule has 4 nitrogen and oxygen atoms in total. The van der Waals surface area contributed by atoms with Crippen molar-refractivity contribution >= 4 is 12.1 Å². The van der Waals surface area contributed by atoms with Crippen molar-refractivity contribution in [2.45, 2.75) is 97.8 Å². The number of carbonyl (C=O) groups excluding carboxylic acids is 2. The first kappa shape index (κ1) is 27.2. The van der Waals surface area contributed by atoms with Gasteiger partial charge >= 0.3 is 12.1 Å². The number of unbranched alkanes of at least 4 members (excludes halogenated alkanes) is 5. The molecule has 0 aromatic carbocycles. The molecule has 0 saturated heterocycles.